The van der Waals surface area contributed by atoms with Crippen LogP contribution in [0.3, 0.4) is 0 Å². The second-order valence-corrected chi connectivity index (χ2v) is 9.38. The minimum Gasteiger partial charge on any atom is -0.496 e. The summed E-state index contributed by atoms with van der Waals surface area (Å²) in [5, 5.41) is 0. The number of nitrogens with zero attached hydrogens (tertiary/aromatic N) is 1. The molecule has 3 atom stereocenters. The van der Waals surface area contributed by atoms with E-state index >= 15 is 0 Å². The normalized spacial score (nSPS) is 27.7. The monoisotopic (exact) mass is 394 g/mol. The van der Waals surface area contributed by atoms with Gasteiger partial charge in [0.15, 0.2) is 0 Å². The van der Waals surface area contributed by atoms with Gasteiger partial charge in [-0.1, -0.05) is 6.42 Å². The molecule has 0 aromatic heterocycles. The largest absolute Gasteiger partial charge is 0.496 e. The predicted molar refractivity (Wildman–Crippen MR) is 99.3 cm³/mol. The number of nitrogens with one attached hydrogen (secondary N) is 1. The zero-order chi connectivity index (χ0) is 19.0. The van der Waals surface area contributed by atoms with Crippen molar-refractivity contribution < 1.29 is 22.7 Å². The van der Waals surface area contributed by atoms with Crippen molar-refractivity contribution in [1.82, 2.24) is 9.62 Å². The van der Waals surface area contributed by atoms with Gasteiger partial charge in [-0.2, -0.15) is 0 Å². The van der Waals surface area contributed by atoms with E-state index in [-0.39, 0.29) is 22.4 Å². The van der Waals surface area contributed by atoms with Crippen LogP contribution in [0, 0.1) is 11.8 Å². The van der Waals surface area contributed by atoms with E-state index in [4.69, 9.17) is 9.47 Å². The van der Waals surface area contributed by atoms with E-state index in [2.05, 4.69) is 4.72 Å². The fourth-order valence-electron chi connectivity index (χ4n) is 4.61. The zero-order valence-corrected chi connectivity index (χ0v) is 16.3. The summed E-state index contributed by atoms with van der Waals surface area (Å²) in [7, 11) is -2.20. The van der Waals surface area contributed by atoms with Crippen LogP contribution in [0.4, 0.5) is 0 Å². The summed E-state index contributed by atoms with van der Waals surface area (Å²) in [5.74, 6) is 1.24. The molecule has 3 fully saturated rings. The molecule has 148 valence electrons. The second-order valence-electron chi connectivity index (χ2n) is 7.67. The third-order valence-electron chi connectivity index (χ3n) is 6.05. The molecule has 1 saturated heterocycles. The lowest BCUT2D eigenvalue weighted by atomic mass is 9.96. The van der Waals surface area contributed by atoms with Gasteiger partial charge in [0.05, 0.1) is 30.8 Å². The Kier molecular flexibility index (Phi) is 5.13. The van der Waals surface area contributed by atoms with Crippen LogP contribution in [0.15, 0.2) is 23.1 Å². The average Bonchev–Trinajstić information content (AvgIpc) is 3.30. The van der Waals surface area contributed by atoms with Gasteiger partial charge in [-0.05, 0) is 49.3 Å². The summed E-state index contributed by atoms with van der Waals surface area (Å²) in [4.78, 5) is 14.7. The van der Waals surface area contributed by atoms with E-state index in [9.17, 15) is 13.2 Å². The highest BCUT2D eigenvalue weighted by atomic mass is 32.2. The number of methoxy groups -OCH3 is 1. The Morgan fingerprint density at radius 1 is 1.22 bits per heavy atom. The highest BCUT2D eigenvalue weighted by molar-refractivity contribution is 7.89. The average molecular weight is 394 g/mol. The first-order valence-electron chi connectivity index (χ1n) is 9.55. The Hall–Kier alpha value is -1.64. The first-order valence-corrected chi connectivity index (χ1v) is 11.0. The van der Waals surface area contributed by atoms with Crippen molar-refractivity contribution in [3.05, 3.63) is 23.8 Å². The second kappa shape index (κ2) is 7.41. The predicted octanol–water partition coefficient (Wildman–Crippen LogP) is 1.63. The smallest absolute Gasteiger partial charge is 0.257 e. The van der Waals surface area contributed by atoms with Crippen molar-refractivity contribution >= 4 is 15.9 Å². The Balaban J connectivity index is 1.58. The van der Waals surface area contributed by atoms with Gasteiger partial charge in [0, 0.05) is 19.1 Å². The van der Waals surface area contributed by atoms with Gasteiger partial charge in [0.1, 0.15) is 5.75 Å². The van der Waals surface area contributed by atoms with Gasteiger partial charge < -0.3 is 14.4 Å². The Bertz CT molecular complexity index is 819. The molecule has 1 aromatic rings. The minimum absolute atomic E-state index is 0.00856. The molecule has 1 aromatic carbocycles. The molecular formula is C19H26N2O5S. The van der Waals surface area contributed by atoms with Gasteiger partial charge in [-0.15, -0.1) is 0 Å². The van der Waals surface area contributed by atoms with Crippen molar-refractivity contribution in [2.45, 2.75) is 36.6 Å². The SMILES string of the molecule is COc1ccc(S(=O)(=O)N[C@H]2C[C@H]3CC[C@H]2C3)cc1C(=O)N1CCOCC1. The lowest BCUT2D eigenvalue weighted by Crippen LogP contribution is -2.41. The van der Waals surface area contributed by atoms with Crippen LogP contribution in [0.5, 0.6) is 5.75 Å². The number of morpholine rings is 1. The Morgan fingerprint density at radius 2 is 2.00 bits per heavy atom. The molecule has 1 aliphatic heterocycles. The van der Waals surface area contributed by atoms with E-state index < -0.39 is 10.0 Å². The Morgan fingerprint density at radius 3 is 2.63 bits per heavy atom. The number of rotatable bonds is 5. The zero-order valence-electron chi connectivity index (χ0n) is 15.5. The summed E-state index contributed by atoms with van der Waals surface area (Å²) >= 11 is 0. The van der Waals surface area contributed by atoms with Gasteiger partial charge in [0.25, 0.3) is 5.91 Å². The summed E-state index contributed by atoms with van der Waals surface area (Å²) < 4.78 is 39.3. The molecule has 1 amide bonds. The van der Waals surface area contributed by atoms with Gasteiger partial charge in [-0.3, -0.25) is 4.79 Å². The minimum atomic E-state index is -3.68. The fraction of sp³-hybridized carbons (Fsp3) is 0.632. The molecular weight excluding hydrogens is 368 g/mol. The van der Waals surface area contributed by atoms with Crippen LogP contribution in [0.25, 0.3) is 0 Å². The van der Waals surface area contributed by atoms with E-state index in [0.29, 0.717) is 43.9 Å². The van der Waals surface area contributed by atoms with Crippen LogP contribution >= 0.6 is 0 Å². The van der Waals surface area contributed by atoms with Crippen LogP contribution in [0.2, 0.25) is 0 Å². The number of hydrogen-bond acceptors (Lipinski definition) is 5. The molecule has 0 spiro atoms. The number of hydrogen-bond donors (Lipinski definition) is 1. The highest BCUT2D eigenvalue weighted by Gasteiger charge is 2.41. The highest BCUT2D eigenvalue weighted by Crippen LogP contribution is 2.44. The van der Waals surface area contributed by atoms with Crippen LogP contribution in [0.1, 0.15) is 36.0 Å². The number of carbonyl (C=O) groups excluding carboxylic acids is 1. The molecule has 0 radical (unpaired) electrons. The summed E-state index contributed by atoms with van der Waals surface area (Å²) in [6.45, 7) is 1.94. The van der Waals surface area contributed by atoms with Gasteiger partial charge in [-0.25, -0.2) is 13.1 Å². The maximum atomic E-state index is 12.9. The number of benzene rings is 1. The van der Waals surface area contributed by atoms with E-state index in [1.807, 2.05) is 0 Å². The van der Waals surface area contributed by atoms with Gasteiger partial charge >= 0.3 is 0 Å². The molecule has 27 heavy (non-hydrogen) atoms. The maximum absolute atomic E-state index is 12.9. The molecule has 0 unspecified atom stereocenters. The van der Waals surface area contributed by atoms with Crippen LogP contribution < -0.4 is 9.46 Å². The van der Waals surface area contributed by atoms with E-state index in [0.717, 1.165) is 19.3 Å². The first kappa shape index (κ1) is 18.7. The summed E-state index contributed by atoms with van der Waals surface area (Å²) in [6.07, 6.45) is 4.35. The summed E-state index contributed by atoms with van der Waals surface area (Å²) in [5.41, 5.74) is 0.273. The third kappa shape index (κ3) is 3.70. The number of amides is 1. The molecule has 1 heterocycles. The Labute approximate surface area is 160 Å². The van der Waals surface area contributed by atoms with Crippen molar-refractivity contribution in [3.63, 3.8) is 0 Å². The van der Waals surface area contributed by atoms with Crippen molar-refractivity contribution in [2.24, 2.45) is 11.8 Å². The lowest BCUT2D eigenvalue weighted by molar-refractivity contribution is 0.0300. The van der Waals surface area contributed by atoms with Crippen molar-refractivity contribution in [3.8, 4) is 5.75 Å². The molecule has 8 heteroatoms. The molecule has 2 bridgehead atoms. The topological polar surface area (TPSA) is 84.9 Å². The molecule has 2 saturated carbocycles. The van der Waals surface area contributed by atoms with Gasteiger partial charge in [0.2, 0.25) is 10.0 Å². The quantitative estimate of drug-likeness (QED) is 0.821. The van der Waals surface area contributed by atoms with E-state index in [1.165, 1.54) is 25.7 Å². The maximum Gasteiger partial charge on any atom is 0.257 e. The number of fused-ring (bicyclic) bond motifs is 2. The third-order valence-corrected chi connectivity index (χ3v) is 7.54. The molecule has 3 aliphatic rings. The molecule has 1 N–H and O–H groups in total. The van der Waals surface area contributed by atoms with Crippen LogP contribution in [-0.4, -0.2) is 58.7 Å². The molecule has 7 nitrogen and oxygen atoms in total. The number of ether oxygens (including phenoxy) is 2. The molecule has 2 aliphatic carbocycles. The molecule has 4 rings (SSSR count). The first-order chi connectivity index (χ1) is 13.0. The van der Waals surface area contributed by atoms with Crippen LogP contribution in [-0.2, 0) is 14.8 Å². The summed E-state index contributed by atoms with van der Waals surface area (Å²) in [6, 6.07) is 4.51. The lowest BCUT2D eigenvalue weighted by Gasteiger charge is -2.27. The van der Waals surface area contributed by atoms with E-state index in [1.54, 1.807) is 11.0 Å². The fourth-order valence-corrected chi connectivity index (χ4v) is 5.96. The van der Waals surface area contributed by atoms with Crippen molar-refractivity contribution in [2.75, 3.05) is 33.4 Å². The number of carbonyl (C=O) groups is 1. The number of sulfonamides is 1. The standard InChI is InChI=1S/C19H26N2O5S/c1-25-18-5-4-15(12-16(18)19(22)21-6-8-26-9-7-21)27(23,24)20-17-11-13-2-3-14(17)10-13/h4-5,12-14,17,20H,2-3,6-11H2,1H3/t13-,14-,17-/m0/s1. The van der Waals surface area contributed by atoms with Crippen molar-refractivity contribution in [1.29, 1.82) is 0 Å².